The Kier molecular flexibility index (Phi) is 6.32. The third kappa shape index (κ3) is 5.48. The summed E-state index contributed by atoms with van der Waals surface area (Å²) in [6.45, 7) is 0.392. The number of pyridine rings is 1. The summed E-state index contributed by atoms with van der Waals surface area (Å²) in [7, 11) is -3.75. The van der Waals surface area contributed by atoms with Crippen LogP contribution in [0.2, 0.25) is 0 Å². The van der Waals surface area contributed by atoms with Crippen molar-refractivity contribution in [2.75, 3.05) is 13.1 Å². The van der Waals surface area contributed by atoms with Gasteiger partial charge in [-0.3, -0.25) is 9.78 Å². The third-order valence-corrected chi connectivity index (χ3v) is 6.47. The highest BCUT2D eigenvalue weighted by atomic mass is 32.2. The summed E-state index contributed by atoms with van der Waals surface area (Å²) < 4.78 is 70.6. The van der Waals surface area contributed by atoms with Gasteiger partial charge in [0.15, 0.2) is 0 Å². The zero-order valence-electron chi connectivity index (χ0n) is 15.8. The second-order valence-corrected chi connectivity index (χ2v) is 8.90. The van der Waals surface area contributed by atoms with Gasteiger partial charge in [0.2, 0.25) is 10.0 Å². The van der Waals surface area contributed by atoms with Crippen molar-refractivity contribution in [3.63, 3.8) is 0 Å². The summed E-state index contributed by atoms with van der Waals surface area (Å²) in [5, 5.41) is 0. The number of carbonyl (C=O) groups is 1. The molecule has 0 radical (unpaired) electrons. The van der Waals surface area contributed by atoms with Crippen LogP contribution in [0.3, 0.4) is 0 Å². The molecule has 1 atom stereocenters. The predicted molar refractivity (Wildman–Crippen MR) is 102 cm³/mol. The Morgan fingerprint density at radius 2 is 1.93 bits per heavy atom. The van der Waals surface area contributed by atoms with Gasteiger partial charge in [0.25, 0.3) is 5.91 Å². The van der Waals surface area contributed by atoms with Gasteiger partial charge in [-0.25, -0.2) is 8.42 Å². The van der Waals surface area contributed by atoms with Crippen LogP contribution in [0, 0.1) is 0 Å². The summed E-state index contributed by atoms with van der Waals surface area (Å²) in [6, 6.07) is 7.00. The lowest BCUT2D eigenvalue weighted by Crippen LogP contribution is -2.44. The molecule has 0 bridgehead atoms. The number of hydrogen-bond donors (Lipinski definition) is 1. The van der Waals surface area contributed by atoms with Crippen molar-refractivity contribution in [2.45, 2.75) is 30.9 Å². The maximum absolute atomic E-state index is 12.8. The second-order valence-electron chi connectivity index (χ2n) is 6.93. The van der Waals surface area contributed by atoms with Gasteiger partial charge in [0.05, 0.1) is 17.9 Å². The Morgan fingerprint density at radius 1 is 1.23 bits per heavy atom. The van der Waals surface area contributed by atoms with E-state index >= 15 is 0 Å². The monoisotopic (exact) mass is 443 g/mol. The largest absolute Gasteiger partial charge is 0.489 e. The molecule has 1 amide bonds. The molecule has 1 aliphatic rings. The summed E-state index contributed by atoms with van der Waals surface area (Å²) in [5.74, 6) is -0.755. The Bertz CT molecular complexity index is 1010. The first-order valence-corrected chi connectivity index (χ1v) is 10.7. The van der Waals surface area contributed by atoms with Crippen molar-refractivity contribution in [1.29, 1.82) is 0 Å². The second kappa shape index (κ2) is 8.60. The van der Waals surface area contributed by atoms with Crippen LogP contribution in [0.5, 0.6) is 5.75 Å². The number of nitrogens with two attached hydrogens (primary N) is 1. The summed E-state index contributed by atoms with van der Waals surface area (Å²) in [6.07, 6.45) is -2.37. The van der Waals surface area contributed by atoms with Gasteiger partial charge in [-0.05, 0) is 36.6 Å². The van der Waals surface area contributed by atoms with Crippen LogP contribution >= 0.6 is 0 Å². The number of rotatable bonds is 6. The fraction of sp³-hybridized carbons (Fsp3) is 0.368. The van der Waals surface area contributed by atoms with E-state index in [-0.39, 0.29) is 17.8 Å². The minimum absolute atomic E-state index is 0.0371. The van der Waals surface area contributed by atoms with Crippen molar-refractivity contribution >= 4 is 15.9 Å². The highest BCUT2D eigenvalue weighted by molar-refractivity contribution is 7.88. The Balaban J connectivity index is 1.66. The van der Waals surface area contributed by atoms with E-state index in [1.807, 2.05) is 0 Å². The third-order valence-electron chi connectivity index (χ3n) is 4.65. The number of nitrogens with zero attached hydrogens (tertiary/aromatic N) is 2. The zero-order chi connectivity index (χ0) is 21.9. The highest BCUT2D eigenvalue weighted by Crippen LogP contribution is 2.29. The summed E-state index contributed by atoms with van der Waals surface area (Å²) >= 11 is 0. The Hall–Kier alpha value is -2.66. The molecular formula is C19H20F3N3O4S. The van der Waals surface area contributed by atoms with Crippen molar-refractivity contribution < 1.29 is 31.1 Å². The molecule has 2 heterocycles. The number of amides is 1. The number of primary amides is 1. The molecule has 7 nitrogen and oxygen atoms in total. The van der Waals surface area contributed by atoms with E-state index in [9.17, 15) is 26.4 Å². The molecule has 0 spiro atoms. The van der Waals surface area contributed by atoms with E-state index < -0.39 is 39.5 Å². The van der Waals surface area contributed by atoms with Crippen LogP contribution in [0.15, 0.2) is 42.6 Å². The molecule has 30 heavy (non-hydrogen) atoms. The molecule has 0 aliphatic carbocycles. The average molecular weight is 443 g/mol. The first-order valence-electron chi connectivity index (χ1n) is 9.11. The summed E-state index contributed by atoms with van der Waals surface area (Å²) in [4.78, 5) is 15.1. The van der Waals surface area contributed by atoms with E-state index in [1.165, 1.54) is 28.7 Å². The van der Waals surface area contributed by atoms with Crippen LogP contribution in [0.4, 0.5) is 13.2 Å². The fourth-order valence-electron chi connectivity index (χ4n) is 3.16. The van der Waals surface area contributed by atoms with Gasteiger partial charge in [0.1, 0.15) is 17.5 Å². The van der Waals surface area contributed by atoms with Crippen molar-refractivity contribution in [2.24, 2.45) is 5.73 Å². The van der Waals surface area contributed by atoms with Crippen molar-refractivity contribution in [3.8, 4) is 5.75 Å². The Morgan fingerprint density at radius 3 is 2.57 bits per heavy atom. The number of benzene rings is 1. The van der Waals surface area contributed by atoms with E-state index in [0.717, 1.165) is 12.1 Å². The molecule has 1 saturated heterocycles. The lowest BCUT2D eigenvalue weighted by atomic mass is 10.1. The maximum Gasteiger partial charge on any atom is 0.416 e. The molecule has 1 aliphatic heterocycles. The number of aromatic nitrogens is 1. The predicted octanol–water partition coefficient (Wildman–Crippen LogP) is 2.57. The molecular weight excluding hydrogens is 423 g/mol. The van der Waals surface area contributed by atoms with E-state index in [0.29, 0.717) is 25.1 Å². The van der Waals surface area contributed by atoms with Gasteiger partial charge in [0, 0.05) is 18.8 Å². The minimum Gasteiger partial charge on any atom is -0.489 e. The van der Waals surface area contributed by atoms with E-state index in [1.54, 1.807) is 6.07 Å². The topological polar surface area (TPSA) is 103 Å². The fourth-order valence-corrected chi connectivity index (χ4v) is 4.75. The van der Waals surface area contributed by atoms with Gasteiger partial charge in [-0.2, -0.15) is 17.5 Å². The highest BCUT2D eigenvalue weighted by Gasteiger charge is 2.32. The van der Waals surface area contributed by atoms with Crippen LogP contribution in [-0.2, 0) is 22.0 Å². The number of halogens is 3. The van der Waals surface area contributed by atoms with Crippen molar-refractivity contribution in [1.82, 2.24) is 9.29 Å². The first kappa shape index (κ1) is 22.0. The smallest absolute Gasteiger partial charge is 0.416 e. The lowest BCUT2D eigenvalue weighted by molar-refractivity contribution is -0.137. The summed E-state index contributed by atoms with van der Waals surface area (Å²) in [5.41, 5.74) is 4.67. The molecule has 0 saturated carbocycles. The number of sulfonamides is 1. The first-order chi connectivity index (χ1) is 14.0. The van der Waals surface area contributed by atoms with E-state index in [4.69, 9.17) is 10.5 Å². The van der Waals surface area contributed by atoms with Gasteiger partial charge >= 0.3 is 6.18 Å². The molecule has 3 rings (SSSR count). The van der Waals surface area contributed by atoms with Gasteiger partial charge in [-0.1, -0.05) is 12.1 Å². The van der Waals surface area contributed by atoms with Crippen molar-refractivity contribution in [3.05, 3.63) is 59.4 Å². The molecule has 162 valence electrons. The number of hydrogen-bond acceptors (Lipinski definition) is 5. The molecule has 11 heteroatoms. The Labute approximate surface area is 171 Å². The number of ether oxygens (including phenoxy) is 1. The number of carbonyl (C=O) groups excluding carboxylic acids is 1. The number of alkyl halides is 3. The molecule has 2 aromatic rings. The van der Waals surface area contributed by atoms with Crippen LogP contribution in [-0.4, -0.2) is 42.8 Å². The quantitative estimate of drug-likeness (QED) is 0.739. The lowest BCUT2D eigenvalue weighted by Gasteiger charge is -2.32. The van der Waals surface area contributed by atoms with Crippen LogP contribution in [0.1, 0.15) is 34.5 Å². The molecule has 1 aromatic heterocycles. The normalized spacial score (nSPS) is 18.2. The SMILES string of the molecule is NC(=O)c1cc(OC2CCCN(S(=O)(=O)Cc3ccc(C(F)(F)F)cc3)C2)ccn1. The van der Waals surface area contributed by atoms with Gasteiger partial charge in [-0.15, -0.1) is 0 Å². The van der Waals surface area contributed by atoms with Crippen LogP contribution < -0.4 is 10.5 Å². The average Bonchev–Trinajstić information content (AvgIpc) is 2.68. The molecule has 1 fully saturated rings. The van der Waals surface area contributed by atoms with E-state index in [2.05, 4.69) is 4.98 Å². The molecule has 1 aromatic carbocycles. The zero-order valence-corrected chi connectivity index (χ0v) is 16.6. The minimum atomic E-state index is -4.48. The molecule has 2 N–H and O–H groups in total. The van der Waals surface area contributed by atoms with Gasteiger partial charge < -0.3 is 10.5 Å². The number of piperidine rings is 1. The van der Waals surface area contributed by atoms with Crippen LogP contribution in [0.25, 0.3) is 0 Å². The maximum atomic E-state index is 12.8. The molecule has 1 unspecified atom stereocenters. The standard InChI is InChI=1S/C19H20F3N3O4S/c20-19(21,22)14-5-3-13(4-6-14)12-30(27,28)25-9-1-2-16(11-25)29-15-7-8-24-17(10-15)18(23)26/h3-8,10,16H,1-2,9,11-12H2,(H2,23,26).